The van der Waals surface area contributed by atoms with E-state index in [2.05, 4.69) is 27.7 Å². The van der Waals surface area contributed by atoms with Gasteiger partial charge in [-0.1, -0.05) is 27.7 Å². The third-order valence-corrected chi connectivity index (χ3v) is 3.64. The smallest absolute Gasteiger partial charge is 0.225 e. The highest BCUT2D eigenvalue weighted by atomic mass is 16.2. The molecule has 0 spiro atoms. The van der Waals surface area contributed by atoms with Crippen molar-refractivity contribution in [3.8, 4) is 0 Å². The Morgan fingerprint density at radius 3 is 2.47 bits per heavy atom. The van der Waals surface area contributed by atoms with Crippen LogP contribution in [0.25, 0.3) is 0 Å². The molecule has 0 heterocycles. The fourth-order valence-electron chi connectivity index (χ4n) is 2.77. The fraction of sp³-hybridized carbons (Fsp3) is 0.929. The standard InChI is InChI=1S/C14H28N2O/c1-10-6-7-11(15)8-12(10)13(17)16(5)9-14(2,3)4/h10-12H,6-9,15H2,1-5H3. The van der Waals surface area contributed by atoms with Gasteiger partial charge in [-0.2, -0.15) is 0 Å². The molecule has 1 fully saturated rings. The molecule has 3 heteroatoms. The third-order valence-electron chi connectivity index (χ3n) is 3.64. The highest BCUT2D eigenvalue weighted by Gasteiger charge is 2.33. The molecular weight excluding hydrogens is 212 g/mol. The molecule has 0 saturated heterocycles. The predicted octanol–water partition coefficient (Wildman–Crippen LogP) is 2.25. The van der Waals surface area contributed by atoms with Gasteiger partial charge in [0.15, 0.2) is 0 Å². The zero-order chi connectivity index (χ0) is 13.2. The van der Waals surface area contributed by atoms with Gasteiger partial charge >= 0.3 is 0 Å². The highest BCUT2D eigenvalue weighted by molar-refractivity contribution is 5.79. The van der Waals surface area contributed by atoms with Crippen molar-refractivity contribution < 1.29 is 4.79 Å². The van der Waals surface area contributed by atoms with E-state index in [0.717, 1.165) is 25.8 Å². The minimum absolute atomic E-state index is 0.131. The van der Waals surface area contributed by atoms with Crippen molar-refractivity contribution in [1.29, 1.82) is 0 Å². The van der Waals surface area contributed by atoms with E-state index in [1.54, 1.807) is 0 Å². The molecule has 1 rings (SSSR count). The first-order valence-corrected chi connectivity index (χ1v) is 6.71. The average Bonchev–Trinajstić information content (AvgIpc) is 2.18. The summed E-state index contributed by atoms with van der Waals surface area (Å²) >= 11 is 0. The van der Waals surface area contributed by atoms with Gasteiger partial charge in [-0.05, 0) is 30.6 Å². The van der Waals surface area contributed by atoms with Crippen molar-refractivity contribution in [3.63, 3.8) is 0 Å². The van der Waals surface area contributed by atoms with E-state index in [0.29, 0.717) is 5.92 Å². The van der Waals surface area contributed by atoms with Crippen LogP contribution in [-0.4, -0.2) is 30.4 Å². The molecule has 100 valence electrons. The summed E-state index contributed by atoms with van der Waals surface area (Å²) < 4.78 is 0. The number of nitrogens with two attached hydrogens (primary N) is 1. The van der Waals surface area contributed by atoms with E-state index < -0.39 is 0 Å². The largest absolute Gasteiger partial charge is 0.345 e. The molecule has 0 bridgehead atoms. The van der Waals surface area contributed by atoms with Crippen molar-refractivity contribution in [2.24, 2.45) is 23.0 Å². The highest BCUT2D eigenvalue weighted by Crippen LogP contribution is 2.31. The van der Waals surface area contributed by atoms with Gasteiger partial charge in [-0.3, -0.25) is 4.79 Å². The molecule has 3 atom stereocenters. The third kappa shape index (κ3) is 4.30. The summed E-state index contributed by atoms with van der Waals surface area (Å²) in [5.41, 5.74) is 6.14. The van der Waals surface area contributed by atoms with Crippen molar-refractivity contribution >= 4 is 5.91 Å². The lowest BCUT2D eigenvalue weighted by molar-refractivity contribution is -0.138. The fourth-order valence-corrected chi connectivity index (χ4v) is 2.77. The maximum atomic E-state index is 12.4. The van der Waals surface area contributed by atoms with Crippen LogP contribution in [0.2, 0.25) is 0 Å². The maximum absolute atomic E-state index is 12.4. The van der Waals surface area contributed by atoms with Crippen molar-refractivity contribution in [1.82, 2.24) is 4.90 Å². The minimum Gasteiger partial charge on any atom is -0.345 e. The monoisotopic (exact) mass is 240 g/mol. The van der Waals surface area contributed by atoms with Crippen LogP contribution < -0.4 is 5.73 Å². The topological polar surface area (TPSA) is 46.3 Å². The molecule has 0 aromatic carbocycles. The normalized spacial score (nSPS) is 30.1. The SMILES string of the molecule is CC1CCC(N)CC1C(=O)N(C)CC(C)(C)C. The molecule has 0 aliphatic heterocycles. The molecule has 1 saturated carbocycles. The Morgan fingerprint density at radius 2 is 1.94 bits per heavy atom. The Labute approximate surface area is 106 Å². The van der Waals surface area contributed by atoms with E-state index in [4.69, 9.17) is 5.73 Å². The number of nitrogens with zero attached hydrogens (tertiary/aromatic N) is 1. The van der Waals surface area contributed by atoms with Gasteiger partial charge in [0.1, 0.15) is 0 Å². The Kier molecular flexibility index (Phi) is 4.59. The Morgan fingerprint density at radius 1 is 1.35 bits per heavy atom. The molecule has 0 aromatic heterocycles. The van der Waals surface area contributed by atoms with E-state index in [1.807, 2.05) is 11.9 Å². The lowest BCUT2D eigenvalue weighted by Gasteiger charge is -2.36. The van der Waals surface area contributed by atoms with Crippen LogP contribution in [-0.2, 0) is 4.79 Å². The predicted molar refractivity (Wildman–Crippen MR) is 71.6 cm³/mol. The molecule has 17 heavy (non-hydrogen) atoms. The molecule has 2 N–H and O–H groups in total. The summed E-state index contributed by atoms with van der Waals surface area (Å²) in [5.74, 6) is 0.887. The second-order valence-electron chi connectivity index (χ2n) is 6.91. The van der Waals surface area contributed by atoms with E-state index >= 15 is 0 Å². The minimum atomic E-state index is 0.131. The van der Waals surface area contributed by atoms with Gasteiger partial charge in [-0.15, -0.1) is 0 Å². The van der Waals surface area contributed by atoms with Crippen molar-refractivity contribution in [3.05, 3.63) is 0 Å². The van der Waals surface area contributed by atoms with Gasteiger partial charge < -0.3 is 10.6 Å². The van der Waals surface area contributed by atoms with E-state index in [-0.39, 0.29) is 23.3 Å². The summed E-state index contributed by atoms with van der Waals surface area (Å²) in [6.07, 6.45) is 3.00. The van der Waals surface area contributed by atoms with Gasteiger partial charge in [0.25, 0.3) is 0 Å². The molecular formula is C14H28N2O. The number of hydrogen-bond donors (Lipinski definition) is 1. The first-order chi connectivity index (χ1) is 7.70. The summed E-state index contributed by atoms with van der Waals surface area (Å²) in [6.45, 7) is 9.47. The number of amides is 1. The molecule has 0 aromatic rings. The average molecular weight is 240 g/mol. The van der Waals surface area contributed by atoms with E-state index in [1.165, 1.54) is 0 Å². The van der Waals surface area contributed by atoms with Crippen LogP contribution in [0.4, 0.5) is 0 Å². The first kappa shape index (κ1) is 14.5. The number of rotatable bonds is 2. The maximum Gasteiger partial charge on any atom is 0.225 e. The Hall–Kier alpha value is -0.570. The second kappa shape index (κ2) is 5.38. The molecule has 1 aliphatic carbocycles. The summed E-state index contributed by atoms with van der Waals surface area (Å²) in [7, 11) is 1.92. The van der Waals surface area contributed by atoms with Crippen molar-refractivity contribution in [2.75, 3.05) is 13.6 Å². The van der Waals surface area contributed by atoms with Crippen LogP contribution in [0.5, 0.6) is 0 Å². The van der Waals surface area contributed by atoms with Crippen LogP contribution in [0, 0.1) is 17.3 Å². The first-order valence-electron chi connectivity index (χ1n) is 6.71. The van der Waals surface area contributed by atoms with Gasteiger partial charge in [0.05, 0.1) is 0 Å². The van der Waals surface area contributed by atoms with Crippen LogP contribution in [0.1, 0.15) is 47.0 Å². The van der Waals surface area contributed by atoms with Crippen LogP contribution >= 0.6 is 0 Å². The Bertz CT molecular complexity index is 270. The number of carbonyl (C=O) groups excluding carboxylic acids is 1. The molecule has 3 unspecified atom stereocenters. The summed E-state index contributed by atoms with van der Waals surface area (Å²) in [5, 5.41) is 0. The van der Waals surface area contributed by atoms with Crippen LogP contribution in [0.3, 0.4) is 0 Å². The van der Waals surface area contributed by atoms with Gasteiger partial charge in [-0.25, -0.2) is 0 Å². The molecule has 0 radical (unpaired) electrons. The molecule has 1 amide bonds. The Balaban J connectivity index is 2.61. The molecule has 1 aliphatic rings. The van der Waals surface area contributed by atoms with Gasteiger partial charge in [0.2, 0.25) is 5.91 Å². The number of hydrogen-bond acceptors (Lipinski definition) is 2. The summed E-state index contributed by atoms with van der Waals surface area (Å²) in [4.78, 5) is 14.3. The zero-order valence-corrected chi connectivity index (χ0v) is 12.0. The van der Waals surface area contributed by atoms with Gasteiger partial charge in [0, 0.05) is 25.6 Å². The molecule has 3 nitrogen and oxygen atoms in total. The number of carbonyl (C=O) groups is 1. The summed E-state index contributed by atoms with van der Waals surface area (Å²) in [6, 6.07) is 0.211. The quantitative estimate of drug-likeness (QED) is 0.804. The van der Waals surface area contributed by atoms with Crippen molar-refractivity contribution in [2.45, 2.75) is 53.0 Å². The lowest BCUT2D eigenvalue weighted by atomic mass is 9.77. The van der Waals surface area contributed by atoms with E-state index in [9.17, 15) is 4.79 Å². The lowest BCUT2D eigenvalue weighted by Crippen LogP contribution is -2.44. The zero-order valence-electron chi connectivity index (χ0n) is 12.0. The second-order valence-corrected chi connectivity index (χ2v) is 6.91. The van der Waals surface area contributed by atoms with Crippen LogP contribution in [0.15, 0.2) is 0 Å².